The second kappa shape index (κ2) is 11.4. The van der Waals surface area contributed by atoms with Crippen molar-refractivity contribution in [2.75, 3.05) is 27.2 Å². The molecule has 0 aliphatic carbocycles. The molecule has 6 heteroatoms. The largest absolute Gasteiger partial charge is 0.507 e. The predicted molar refractivity (Wildman–Crippen MR) is 137 cm³/mol. The molecule has 1 aliphatic heterocycles. The summed E-state index contributed by atoms with van der Waals surface area (Å²) in [5, 5.41) is 14.8. The van der Waals surface area contributed by atoms with Crippen LogP contribution in [0.15, 0.2) is 48.4 Å². The Balaban J connectivity index is 1.39. The van der Waals surface area contributed by atoms with E-state index in [9.17, 15) is 9.90 Å². The molecule has 0 bridgehead atoms. The summed E-state index contributed by atoms with van der Waals surface area (Å²) in [5.74, 6) is 0.777. The van der Waals surface area contributed by atoms with Crippen molar-refractivity contribution < 1.29 is 14.6 Å². The lowest BCUT2D eigenvalue weighted by molar-refractivity contribution is 0.101. The number of Topliss-reactive ketones (excluding diaryl/α,β-unsaturated/α-hetero) is 1. The van der Waals surface area contributed by atoms with E-state index in [1.165, 1.54) is 32.1 Å². The van der Waals surface area contributed by atoms with Crippen molar-refractivity contribution in [3.63, 3.8) is 0 Å². The third kappa shape index (κ3) is 5.51. The fourth-order valence-corrected chi connectivity index (χ4v) is 4.54. The first-order chi connectivity index (χ1) is 16.6. The number of hydrogen-bond acceptors (Lipinski definition) is 5. The molecule has 34 heavy (non-hydrogen) atoms. The quantitative estimate of drug-likeness (QED) is 0.246. The maximum atomic E-state index is 13.0. The lowest BCUT2D eigenvalue weighted by Gasteiger charge is -2.19. The molecule has 0 atom stereocenters. The van der Waals surface area contributed by atoms with Crippen molar-refractivity contribution in [2.45, 2.75) is 45.1 Å². The number of nitrogens with one attached hydrogen (secondary N) is 2. The van der Waals surface area contributed by atoms with E-state index >= 15 is 0 Å². The van der Waals surface area contributed by atoms with E-state index in [1.807, 2.05) is 44.6 Å². The molecule has 0 saturated heterocycles. The van der Waals surface area contributed by atoms with Crippen LogP contribution in [0.1, 0.15) is 60.0 Å². The van der Waals surface area contributed by atoms with E-state index in [0.717, 1.165) is 36.0 Å². The lowest BCUT2D eigenvalue weighted by atomic mass is 10.0. The van der Waals surface area contributed by atoms with Gasteiger partial charge in [0.15, 0.2) is 5.76 Å². The van der Waals surface area contributed by atoms with Crippen molar-refractivity contribution in [3.05, 3.63) is 65.0 Å². The summed E-state index contributed by atoms with van der Waals surface area (Å²) in [5.41, 5.74) is 3.09. The van der Waals surface area contributed by atoms with Gasteiger partial charge in [-0.05, 0) is 64.3 Å². The van der Waals surface area contributed by atoms with Crippen LogP contribution in [0.3, 0.4) is 0 Å². The van der Waals surface area contributed by atoms with E-state index in [2.05, 4.69) is 15.2 Å². The minimum atomic E-state index is -0.151. The number of hydrogen-bond donors (Lipinski definition) is 3. The number of carbonyl (C=O) groups excluding carboxylic acids is 1. The number of phenolic OH excluding ortho intramolecular Hbond substituents is 1. The second-order valence-electron chi connectivity index (χ2n) is 9.13. The van der Waals surface area contributed by atoms with Gasteiger partial charge in [0.25, 0.3) is 0 Å². The number of aromatic nitrogens is 1. The van der Waals surface area contributed by atoms with Crippen molar-refractivity contribution in [2.24, 2.45) is 0 Å². The number of carbonyl (C=O) groups is 1. The number of para-hydroxylation sites is 1. The SMILES string of the molecule is CNCCCCCCCCN(C)Cc1c(O)ccc2c1OC(=Cc1c[nH]c3ccccc13)C2=O. The number of fused-ring (bicyclic) bond motifs is 2. The third-order valence-corrected chi connectivity index (χ3v) is 6.47. The molecule has 0 fully saturated rings. The average Bonchev–Trinajstić information content (AvgIpc) is 3.39. The Kier molecular flexibility index (Phi) is 8.03. The average molecular weight is 462 g/mol. The maximum absolute atomic E-state index is 13.0. The van der Waals surface area contributed by atoms with Gasteiger partial charge in [0.05, 0.1) is 11.1 Å². The minimum absolute atomic E-state index is 0.151. The number of allylic oxidation sites excluding steroid dienone is 1. The van der Waals surface area contributed by atoms with Gasteiger partial charge < -0.3 is 25.0 Å². The standard InChI is InChI=1S/C28H35N3O3/c1-29-15-9-5-3-4-6-10-16-31(2)19-23-25(32)14-13-22-27(33)26(34-28(22)23)17-20-18-30-24-12-8-7-11-21(20)24/h7-8,11-14,17-18,29-30,32H,3-6,9-10,15-16,19H2,1-2H3. The summed E-state index contributed by atoms with van der Waals surface area (Å²) in [6.07, 6.45) is 11.0. The number of H-pyrrole nitrogens is 1. The Bertz CT molecular complexity index is 1160. The van der Waals surface area contributed by atoms with Crippen LogP contribution < -0.4 is 10.1 Å². The highest BCUT2D eigenvalue weighted by molar-refractivity contribution is 6.15. The van der Waals surface area contributed by atoms with Crippen LogP contribution in [0, 0.1) is 0 Å². The van der Waals surface area contributed by atoms with E-state index in [1.54, 1.807) is 18.2 Å². The summed E-state index contributed by atoms with van der Waals surface area (Å²) >= 11 is 0. The van der Waals surface area contributed by atoms with E-state index in [0.29, 0.717) is 23.4 Å². The predicted octanol–water partition coefficient (Wildman–Crippen LogP) is 5.48. The zero-order valence-electron chi connectivity index (χ0n) is 20.2. The molecule has 0 unspecified atom stereocenters. The molecule has 0 spiro atoms. The van der Waals surface area contributed by atoms with E-state index in [-0.39, 0.29) is 17.3 Å². The van der Waals surface area contributed by atoms with Crippen molar-refractivity contribution in [3.8, 4) is 11.5 Å². The summed E-state index contributed by atoms with van der Waals surface area (Å²) in [7, 11) is 4.04. The van der Waals surface area contributed by atoms with Gasteiger partial charge in [-0.3, -0.25) is 4.79 Å². The van der Waals surface area contributed by atoms with Crippen LogP contribution in [0.25, 0.3) is 17.0 Å². The van der Waals surface area contributed by atoms with Crippen LogP contribution in [0.5, 0.6) is 11.5 Å². The molecule has 3 N–H and O–H groups in total. The fourth-order valence-electron chi connectivity index (χ4n) is 4.54. The monoisotopic (exact) mass is 461 g/mol. The van der Waals surface area contributed by atoms with Crippen LogP contribution in [0.4, 0.5) is 0 Å². The number of rotatable bonds is 12. The highest BCUT2D eigenvalue weighted by Gasteiger charge is 2.31. The van der Waals surface area contributed by atoms with Gasteiger partial charge in [0, 0.05) is 29.2 Å². The van der Waals surface area contributed by atoms with Gasteiger partial charge in [-0.2, -0.15) is 0 Å². The molecule has 0 saturated carbocycles. The summed E-state index contributed by atoms with van der Waals surface area (Å²) in [4.78, 5) is 18.5. The van der Waals surface area contributed by atoms with Gasteiger partial charge in [-0.15, -0.1) is 0 Å². The highest BCUT2D eigenvalue weighted by Crippen LogP contribution is 2.40. The van der Waals surface area contributed by atoms with Crippen LogP contribution in [-0.2, 0) is 6.54 Å². The topological polar surface area (TPSA) is 77.6 Å². The molecule has 3 aromatic rings. The zero-order chi connectivity index (χ0) is 23.9. The second-order valence-corrected chi connectivity index (χ2v) is 9.13. The highest BCUT2D eigenvalue weighted by atomic mass is 16.5. The number of nitrogens with zero attached hydrogens (tertiary/aromatic N) is 1. The van der Waals surface area contributed by atoms with Gasteiger partial charge in [0.2, 0.25) is 5.78 Å². The Labute approximate surface area is 201 Å². The van der Waals surface area contributed by atoms with Crippen molar-refractivity contribution >= 4 is 22.8 Å². The smallest absolute Gasteiger partial charge is 0.231 e. The molecular weight excluding hydrogens is 426 g/mol. The van der Waals surface area contributed by atoms with E-state index < -0.39 is 0 Å². The number of unbranched alkanes of at least 4 members (excludes halogenated alkanes) is 5. The van der Waals surface area contributed by atoms with Gasteiger partial charge in [-0.25, -0.2) is 0 Å². The molecule has 0 radical (unpaired) electrons. The molecule has 6 nitrogen and oxygen atoms in total. The lowest BCUT2D eigenvalue weighted by Crippen LogP contribution is -2.19. The van der Waals surface area contributed by atoms with Gasteiger partial charge in [-0.1, -0.05) is 43.9 Å². The Morgan fingerprint density at radius 3 is 2.65 bits per heavy atom. The fraction of sp³-hybridized carbons (Fsp3) is 0.393. The number of phenols is 1. The van der Waals surface area contributed by atoms with E-state index in [4.69, 9.17) is 4.74 Å². The number of aromatic amines is 1. The van der Waals surface area contributed by atoms with Crippen LogP contribution >= 0.6 is 0 Å². The Morgan fingerprint density at radius 1 is 1.06 bits per heavy atom. The zero-order valence-corrected chi connectivity index (χ0v) is 20.2. The Hall–Kier alpha value is -3.09. The molecule has 180 valence electrons. The van der Waals surface area contributed by atoms with Crippen molar-refractivity contribution in [1.29, 1.82) is 0 Å². The summed E-state index contributed by atoms with van der Waals surface area (Å²) < 4.78 is 6.05. The molecule has 2 aromatic carbocycles. The maximum Gasteiger partial charge on any atom is 0.231 e. The first-order valence-corrected chi connectivity index (χ1v) is 12.3. The molecule has 2 heterocycles. The number of aromatic hydroxyl groups is 1. The molecule has 0 amide bonds. The minimum Gasteiger partial charge on any atom is -0.507 e. The van der Waals surface area contributed by atoms with Gasteiger partial charge >= 0.3 is 0 Å². The summed E-state index contributed by atoms with van der Waals surface area (Å²) in [6.45, 7) is 2.56. The Morgan fingerprint density at radius 2 is 1.82 bits per heavy atom. The molecule has 1 aromatic heterocycles. The first-order valence-electron chi connectivity index (χ1n) is 12.3. The molecular formula is C28H35N3O3. The van der Waals surface area contributed by atoms with Crippen molar-refractivity contribution in [1.82, 2.24) is 15.2 Å². The molecule has 1 aliphatic rings. The number of ether oxygens (including phenoxy) is 1. The normalized spacial score (nSPS) is 14.3. The number of benzene rings is 2. The third-order valence-electron chi connectivity index (χ3n) is 6.47. The van der Waals surface area contributed by atoms with Crippen LogP contribution in [0.2, 0.25) is 0 Å². The van der Waals surface area contributed by atoms with Gasteiger partial charge in [0.1, 0.15) is 11.5 Å². The first kappa shape index (κ1) is 24.0. The molecule has 4 rings (SSSR count). The number of ketones is 1. The summed E-state index contributed by atoms with van der Waals surface area (Å²) in [6, 6.07) is 11.2. The van der Waals surface area contributed by atoms with Crippen LogP contribution in [-0.4, -0.2) is 48.0 Å².